The van der Waals surface area contributed by atoms with Crippen LogP contribution in [0, 0.1) is 0 Å². The number of aromatic nitrogens is 4. The molecule has 6 nitrogen and oxygen atoms in total. The standard InChI is InChI=1S/C22H17N5O/c1-28-20-10-9-16(13-24-20)26-21-22-25-14-19(27(22)12-11-23-21)18-8-4-6-15-5-2-3-7-17(15)18/h2-14H,1H3,(H,23,26). The Kier molecular flexibility index (Phi) is 3.87. The molecule has 0 atom stereocenters. The second-order valence-corrected chi connectivity index (χ2v) is 6.35. The van der Waals surface area contributed by atoms with Gasteiger partial charge < -0.3 is 10.1 Å². The molecular formula is C22H17N5O. The quantitative estimate of drug-likeness (QED) is 0.499. The summed E-state index contributed by atoms with van der Waals surface area (Å²) in [5.41, 5.74) is 3.72. The van der Waals surface area contributed by atoms with Gasteiger partial charge in [-0.3, -0.25) is 4.40 Å². The van der Waals surface area contributed by atoms with Crippen molar-refractivity contribution in [1.82, 2.24) is 19.4 Å². The monoisotopic (exact) mass is 367 g/mol. The lowest BCUT2D eigenvalue weighted by Crippen LogP contribution is -1.99. The minimum Gasteiger partial charge on any atom is -0.481 e. The van der Waals surface area contributed by atoms with Crippen molar-refractivity contribution in [3.8, 4) is 17.1 Å². The lowest BCUT2D eigenvalue weighted by Gasteiger charge is -2.09. The Bertz CT molecular complexity index is 1270. The number of anilines is 2. The fourth-order valence-electron chi connectivity index (χ4n) is 3.37. The molecule has 0 spiro atoms. The van der Waals surface area contributed by atoms with Crippen LogP contribution < -0.4 is 10.1 Å². The zero-order valence-corrected chi connectivity index (χ0v) is 15.2. The molecule has 5 rings (SSSR count). The predicted octanol–water partition coefficient (Wildman–Crippen LogP) is 4.70. The molecule has 0 aliphatic heterocycles. The Labute approximate surface area is 161 Å². The minimum atomic E-state index is 0.566. The van der Waals surface area contributed by atoms with Gasteiger partial charge in [-0.15, -0.1) is 0 Å². The van der Waals surface area contributed by atoms with Crippen molar-refractivity contribution >= 4 is 27.9 Å². The number of hydrogen-bond donors (Lipinski definition) is 1. The summed E-state index contributed by atoms with van der Waals surface area (Å²) in [5.74, 6) is 1.23. The fourth-order valence-corrected chi connectivity index (χ4v) is 3.37. The van der Waals surface area contributed by atoms with Crippen LogP contribution >= 0.6 is 0 Å². The van der Waals surface area contributed by atoms with Crippen LogP contribution in [0.3, 0.4) is 0 Å². The van der Waals surface area contributed by atoms with E-state index in [0.717, 1.165) is 22.6 Å². The van der Waals surface area contributed by atoms with Crippen LogP contribution in [0.25, 0.3) is 27.7 Å². The first-order chi connectivity index (χ1) is 13.8. The summed E-state index contributed by atoms with van der Waals surface area (Å²) in [7, 11) is 1.59. The molecule has 2 aromatic carbocycles. The molecule has 3 heterocycles. The number of methoxy groups -OCH3 is 1. The van der Waals surface area contributed by atoms with E-state index >= 15 is 0 Å². The van der Waals surface area contributed by atoms with Gasteiger partial charge in [0, 0.05) is 24.0 Å². The number of imidazole rings is 1. The zero-order chi connectivity index (χ0) is 18.9. The number of hydrogen-bond acceptors (Lipinski definition) is 5. The van der Waals surface area contributed by atoms with E-state index in [0.29, 0.717) is 11.7 Å². The number of ether oxygens (including phenoxy) is 1. The Hall–Kier alpha value is -3.93. The van der Waals surface area contributed by atoms with Crippen LogP contribution in [-0.4, -0.2) is 26.5 Å². The van der Waals surface area contributed by atoms with E-state index in [-0.39, 0.29) is 0 Å². The molecule has 0 bridgehead atoms. The number of rotatable bonds is 4. The molecule has 0 aliphatic carbocycles. The summed E-state index contributed by atoms with van der Waals surface area (Å²) in [6.07, 6.45) is 7.29. The largest absolute Gasteiger partial charge is 0.481 e. The highest BCUT2D eigenvalue weighted by Crippen LogP contribution is 2.30. The first kappa shape index (κ1) is 16.3. The number of fused-ring (bicyclic) bond motifs is 2. The first-order valence-electron chi connectivity index (χ1n) is 8.91. The Morgan fingerprint density at radius 3 is 2.64 bits per heavy atom. The van der Waals surface area contributed by atoms with Gasteiger partial charge in [0.25, 0.3) is 0 Å². The van der Waals surface area contributed by atoms with Crippen molar-refractivity contribution in [3.05, 3.63) is 79.4 Å². The summed E-state index contributed by atoms with van der Waals surface area (Å²) < 4.78 is 7.16. The molecule has 3 aromatic heterocycles. The molecule has 1 N–H and O–H groups in total. The highest BCUT2D eigenvalue weighted by atomic mass is 16.5. The average molecular weight is 367 g/mol. The van der Waals surface area contributed by atoms with Gasteiger partial charge in [0.15, 0.2) is 11.5 Å². The van der Waals surface area contributed by atoms with Gasteiger partial charge in [0.2, 0.25) is 5.88 Å². The van der Waals surface area contributed by atoms with Crippen molar-refractivity contribution < 1.29 is 4.74 Å². The first-order valence-corrected chi connectivity index (χ1v) is 8.91. The van der Waals surface area contributed by atoms with E-state index in [2.05, 4.69) is 62.7 Å². The number of nitrogens with one attached hydrogen (secondary N) is 1. The van der Waals surface area contributed by atoms with E-state index in [1.807, 2.05) is 22.9 Å². The van der Waals surface area contributed by atoms with Gasteiger partial charge >= 0.3 is 0 Å². The van der Waals surface area contributed by atoms with E-state index in [4.69, 9.17) is 4.74 Å². The van der Waals surface area contributed by atoms with Crippen LogP contribution in [0.4, 0.5) is 11.5 Å². The summed E-state index contributed by atoms with van der Waals surface area (Å²) in [4.78, 5) is 13.3. The van der Waals surface area contributed by atoms with Crippen molar-refractivity contribution in [2.45, 2.75) is 0 Å². The maximum atomic E-state index is 5.11. The Balaban J connectivity index is 1.60. The normalized spacial score (nSPS) is 11.0. The van der Waals surface area contributed by atoms with Crippen LogP contribution in [0.15, 0.2) is 79.4 Å². The summed E-state index contributed by atoms with van der Waals surface area (Å²) in [5, 5.41) is 5.68. The predicted molar refractivity (Wildman–Crippen MR) is 110 cm³/mol. The molecule has 0 amide bonds. The highest BCUT2D eigenvalue weighted by molar-refractivity contribution is 5.96. The van der Waals surface area contributed by atoms with Crippen LogP contribution in [-0.2, 0) is 0 Å². The molecule has 6 heteroatoms. The Morgan fingerprint density at radius 2 is 1.79 bits per heavy atom. The highest BCUT2D eigenvalue weighted by Gasteiger charge is 2.12. The second kappa shape index (κ2) is 6.66. The zero-order valence-electron chi connectivity index (χ0n) is 15.2. The molecule has 0 saturated heterocycles. The van der Waals surface area contributed by atoms with E-state index in [9.17, 15) is 0 Å². The topological polar surface area (TPSA) is 64.3 Å². The summed E-state index contributed by atoms with van der Waals surface area (Å²) >= 11 is 0. The average Bonchev–Trinajstić information content (AvgIpc) is 3.19. The Morgan fingerprint density at radius 1 is 0.893 bits per heavy atom. The third kappa shape index (κ3) is 2.72. The van der Waals surface area contributed by atoms with Gasteiger partial charge in [-0.05, 0) is 16.8 Å². The lowest BCUT2D eigenvalue weighted by atomic mass is 10.0. The fraction of sp³-hybridized carbons (Fsp3) is 0.0455. The summed E-state index contributed by atoms with van der Waals surface area (Å²) in [6, 6.07) is 18.4. The maximum absolute atomic E-state index is 5.11. The number of nitrogens with zero attached hydrogens (tertiary/aromatic N) is 4. The number of benzene rings is 2. The van der Waals surface area contributed by atoms with Crippen molar-refractivity contribution in [2.75, 3.05) is 12.4 Å². The van der Waals surface area contributed by atoms with Crippen molar-refractivity contribution in [2.24, 2.45) is 0 Å². The lowest BCUT2D eigenvalue weighted by molar-refractivity contribution is 0.398. The molecule has 0 radical (unpaired) electrons. The summed E-state index contributed by atoms with van der Waals surface area (Å²) in [6.45, 7) is 0. The maximum Gasteiger partial charge on any atom is 0.213 e. The molecule has 28 heavy (non-hydrogen) atoms. The smallest absolute Gasteiger partial charge is 0.213 e. The molecule has 0 saturated carbocycles. The van der Waals surface area contributed by atoms with Gasteiger partial charge in [-0.2, -0.15) is 0 Å². The molecule has 136 valence electrons. The third-order valence-corrected chi connectivity index (χ3v) is 4.70. The van der Waals surface area contributed by atoms with Gasteiger partial charge in [-0.1, -0.05) is 42.5 Å². The molecule has 5 aromatic rings. The van der Waals surface area contributed by atoms with E-state index < -0.39 is 0 Å². The van der Waals surface area contributed by atoms with Gasteiger partial charge in [0.1, 0.15) is 0 Å². The second-order valence-electron chi connectivity index (χ2n) is 6.35. The molecule has 0 unspecified atom stereocenters. The van der Waals surface area contributed by atoms with Crippen LogP contribution in [0.2, 0.25) is 0 Å². The van der Waals surface area contributed by atoms with Crippen molar-refractivity contribution in [3.63, 3.8) is 0 Å². The third-order valence-electron chi connectivity index (χ3n) is 4.70. The minimum absolute atomic E-state index is 0.566. The van der Waals surface area contributed by atoms with Gasteiger partial charge in [0.05, 0.1) is 30.9 Å². The van der Waals surface area contributed by atoms with E-state index in [1.165, 1.54) is 10.8 Å². The van der Waals surface area contributed by atoms with Crippen LogP contribution in [0.1, 0.15) is 0 Å². The molecule has 0 aliphatic rings. The SMILES string of the molecule is COc1ccc(Nc2nccn3c(-c4cccc5ccccc45)cnc23)cn1. The molecule has 0 fully saturated rings. The van der Waals surface area contributed by atoms with E-state index in [1.54, 1.807) is 25.6 Å². The van der Waals surface area contributed by atoms with Crippen LogP contribution in [0.5, 0.6) is 5.88 Å². The molecular weight excluding hydrogens is 350 g/mol. The van der Waals surface area contributed by atoms with Gasteiger partial charge in [-0.25, -0.2) is 15.0 Å². The van der Waals surface area contributed by atoms with Crippen molar-refractivity contribution in [1.29, 1.82) is 0 Å². The number of pyridine rings is 1.